The summed E-state index contributed by atoms with van der Waals surface area (Å²) in [6.07, 6.45) is 1.01. The maximum atomic E-state index is 12.7. The lowest BCUT2D eigenvalue weighted by molar-refractivity contribution is -0.135. The topological polar surface area (TPSA) is 78.5 Å². The van der Waals surface area contributed by atoms with Crippen molar-refractivity contribution in [3.05, 3.63) is 35.4 Å². The van der Waals surface area contributed by atoms with Crippen molar-refractivity contribution in [2.24, 2.45) is 5.92 Å². The molecule has 1 fully saturated rings. The first-order valence-electron chi connectivity index (χ1n) is 10.2. The number of benzene rings is 1. The van der Waals surface area contributed by atoms with Gasteiger partial charge in [0.25, 0.3) is 5.91 Å². The first-order valence-corrected chi connectivity index (χ1v) is 10.2. The normalized spacial score (nSPS) is 17.2. The van der Waals surface area contributed by atoms with Crippen LogP contribution in [0.5, 0.6) is 0 Å². The van der Waals surface area contributed by atoms with Crippen LogP contribution in [0.2, 0.25) is 0 Å². The lowest BCUT2D eigenvalue weighted by Crippen LogP contribution is -2.47. The van der Waals surface area contributed by atoms with Crippen LogP contribution in [0.4, 0.5) is 4.79 Å². The van der Waals surface area contributed by atoms with Crippen LogP contribution in [-0.2, 0) is 9.59 Å². The predicted molar refractivity (Wildman–Crippen MR) is 110 cm³/mol. The minimum absolute atomic E-state index is 0.169. The molecule has 0 bridgehead atoms. The van der Waals surface area contributed by atoms with Crippen molar-refractivity contribution in [3.8, 4) is 0 Å². The summed E-state index contributed by atoms with van der Waals surface area (Å²) < 4.78 is 0. The minimum Gasteiger partial charge on any atom is -0.347 e. The molecule has 4 amide bonds. The summed E-state index contributed by atoms with van der Waals surface area (Å²) in [6.45, 7) is 11.8. The molecule has 154 valence electrons. The molecule has 0 saturated carbocycles. The number of urea groups is 1. The van der Waals surface area contributed by atoms with Crippen LogP contribution in [0.3, 0.4) is 0 Å². The van der Waals surface area contributed by atoms with E-state index in [1.54, 1.807) is 0 Å². The number of hydrogen-bond acceptors (Lipinski definition) is 3. The van der Waals surface area contributed by atoms with Gasteiger partial charge in [0.15, 0.2) is 0 Å². The fraction of sp³-hybridized carbons (Fsp3) is 0.591. The first-order chi connectivity index (χ1) is 13.1. The standard InChI is InChI=1S/C22H33N3O3/c1-7-22(8-2)20(27)25(21(28)24-22)13-18(26)23-19(15(5)6)17-11-9-16(10-12-17)14(3)4/h9-12,14-15,19H,7-8,13H2,1-6H3,(H,23,26)(H,24,28). The van der Waals surface area contributed by atoms with Gasteiger partial charge in [0.2, 0.25) is 5.91 Å². The number of amides is 4. The Bertz CT molecular complexity index is 721. The third-order valence-corrected chi connectivity index (χ3v) is 5.70. The molecule has 0 radical (unpaired) electrons. The fourth-order valence-corrected chi connectivity index (χ4v) is 3.63. The number of carbonyl (C=O) groups excluding carboxylic acids is 3. The van der Waals surface area contributed by atoms with Gasteiger partial charge >= 0.3 is 6.03 Å². The molecule has 1 aromatic rings. The molecular weight excluding hydrogens is 354 g/mol. The van der Waals surface area contributed by atoms with Crippen LogP contribution in [0.1, 0.15) is 77.5 Å². The van der Waals surface area contributed by atoms with E-state index in [1.807, 2.05) is 39.8 Å². The first kappa shape index (κ1) is 21.9. The van der Waals surface area contributed by atoms with Crippen molar-refractivity contribution in [1.29, 1.82) is 0 Å². The maximum Gasteiger partial charge on any atom is 0.325 e. The van der Waals surface area contributed by atoms with E-state index in [2.05, 4.69) is 36.6 Å². The number of nitrogens with one attached hydrogen (secondary N) is 2. The molecule has 6 heteroatoms. The summed E-state index contributed by atoms with van der Waals surface area (Å²) in [5.41, 5.74) is 1.37. The van der Waals surface area contributed by atoms with Crippen LogP contribution < -0.4 is 10.6 Å². The van der Waals surface area contributed by atoms with E-state index >= 15 is 0 Å². The molecular formula is C22H33N3O3. The summed E-state index contributed by atoms with van der Waals surface area (Å²) in [5.74, 6) is -0.0428. The van der Waals surface area contributed by atoms with E-state index in [4.69, 9.17) is 0 Å². The predicted octanol–water partition coefficient (Wildman–Crippen LogP) is 3.73. The Morgan fingerprint density at radius 2 is 1.57 bits per heavy atom. The van der Waals surface area contributed by atoms with Crippen LogP contribution in [0.25, 0.3) is 0 Å². The average molecular weight is 388 g/mol. The summed E-state index contributed by atoms with van der Waals surface area (Å²) in [4.78, 5) is 38.6. The van der Waals surface area contributed by atoms with Crippen molar-refractivity contribution in [2.75, 3.05) is 6.54 Å². The summed E-state index contributed by atoms with van der Waals surface area (Å²) in [7, 11) is 0. The van der Waals surface area contributed by atoms with Crippen molar-refractivity contribution in [2.45, 2.75) is 71.9 Å². The largest absolute Gasteiger partial charge is 0.347 e. The number of nitrogens with zero attached hydrogens (tertiary/aromatic N) is 1. The van der Waals surface area contributed by atoms with Gasteiger partial charge in [0.05, 0.1) is 6.04 Å². The van der Waals surface area contributed by atoms with E-state index < -0.39 is 11.6 Å². The fourth-order valence-electron chi connectivity index (χ4n) is 3.63. The molecule has 6 nitrogen and oxygen atoms in total. The van der Waals surface area contributed by atoms with Crippen LogP contribution in [0.15, 0.2) is 24.3 Å². The lowest BCUT2D eigenvalue weighted by atomic mass is 9.93. The molecule has 0 aliphatic carbocycles. The Labute approximate surface area is 168 Å². The molecule has 28 heavy (non-hydrogen) atoms. The zero-order valence-corrected chi connectivity index (χ0v) is 17.8. The summed E-state index contributed by atoms with van der Waals surface area (Å²) in [5, 5.41) is 5.75. The van der Waals surface area contributed by atoms with Gasteiger partial charge in [-0.2, -0.15) is 0 Å². The summed E-state index contributed by atoms with van der Waals surface area (Å²) in [6, 6.07) is 7.55. The highest BCUT2D eigenvalue weighted by Crippen LogP contribution is 2.26. The molecule has 1 aliphatic rings. The number of hydrogen-bond donors (Lipinski definition) is 2. The zero-order valence-electron chi connectivity index (χ0n) is 17.8. The smallest absolute Gasteiger partial charge is 0.325 e. The second-order valence-corrected chi connectivity index (χ2v) is 8.22. The Morgan fingerprint density at radius 3 is 2.00 bits per heavy atom. The monoisotopic (exact) mass is 387 g/mol. The Kier molecular flexibility index (Phi) is 6.86. The molecule has 1 saturated heterocycles. The van der Waals surface area contributed by atoms with Crippen molar-refractivity contribution in [3.63, 3.8) is 0 Å². The van der Waals surface area contributed by atoms with Gasteiger partial charge < -0.3 is 10.6 Å². The Morgan fingerprint density at radius 1 is 1.04 bits per heavy atom. The second kappa shape index (κ2) is 8.76. The van der Waals surface area contributed by atoms with Gasteiger partial charge in [0, 0.05) is 0 Å². The third-order valence-electron chi connectivity index (χ3n) is 5.70. The highest BCUT2D eigenvalue weighted by atomic mass is 16.2. The molecule has 1 heterocycles. The van der Waals surface area contributed by atoms with Crippen molar-refractivity contribution < 1.29 is 14.4 Å². The van der Waals surface area contributed by atoms with E-state index in [9.17, 15) is 14.4 Å². The molecule has 1 atom stereocenters. The quantitative estimate of drug-likeness (QED) is 0.667. The van der Waals surface area contributed by atoms with E-state index in [0.29, 0.717) is 18.8 Å². The van der Waals surface area contributed by atoms with Gasteiger partial charge in [0.1, 0.15) is 12.1 Å². The minimum atomic E-state index is -0.887. The van der Waals surface area contributed by atoms with Gasteiger partial charge in [-0.05, 0) is 35.8 Å². The molecule has 1 aliphatic heterocycles. The van der Waals surface area contributed by atoms with Crippen LogP contribution in [0, 0.1) is 5.92 Å². The number of imide groups is 1. The second-order valence-electron chi connectivity index (χ2n) is 8.22. The highest BCUT2D eigenvalue weighted by molar-refractivity contribution is 6.09. The Balaban J connectivity index is 2.11. The Hall–Kier alpha value is -2.37. The highest BCUT2D eigenvalue weighted by Gasteiger charge is 2.49. The van der Waals surface area contributed by atoms with Crippen LogP contribution >= 0.6 is 0 Å². The van der Waals surface area contributed by atoms with Gasteiger partial charge in [-0.3, -0.25) is 14.5 Å². The van der Waals surface area contributed by atoms with Gasteiger partial charge in [-0.15, -0.1) is 0 Å². The average Bonchev–Trinajstić information content (AvgIpc) is 2.90. The van der Waals surface area contributed by atoms with Crippen LogP contribution in [-0.4, -0.2) is 34.8 Å². The molecule has 0 spiro atoms. The molecule has 2 N–H and O–H groups in total. The molecule has 2 rings (SSSR count). The third kappa shape index (κ3) is 4.37. The van der Waals surface area contributed by atoms with E-state index in [-0.39, 0.29) is 30.3 Å². The summed E-state index contributed by atoms with van der Waals surface area (Å²) >= 11 is 0. The number of carbonyl (C=O) groups is 3. The molecule has 1 unspecified atom stereocenters. The van der Waals surface area contributed by atoms with Crippen molar-refractivity contribution >= 4 is 17.8 Å². The van der Waals surface area contributed by atoms with Gasteiger partial charge in [-0.1, -0.05) is 65.8 Å². The van der Waals surface area contributed by atoms with E-state index in [0.717, 1.165) is 10.5 Å². The number of rotatable bonds is 8. The zero-order chi connectivity index (χ0) is 21.1. The molecule has 0 aromatic heterocycles. The van der Waals surface area contributed by atoms with Crippen molar-refractivity contribution in [1.82, 2.24) is 15.5 Å². The lowest BCUT2D eigenvalue weighted by Gasteiger charge is -2.25. The SMILES string of the molecule is CCC1(CC)NC(=O)N(CC(=O)NC(c2ccc(C(C)C)cc2)C(C)C)C1=O. The van der Waals surface area contributed by atoms with E-state index in [1.165, 1.54) is 5.56 Å². The maximum absolute atomic E-state index is 12.7. The van der Waals surface area contributed by atoms with Gasteiger partial charge in [-0.25, -0.2) is 4.79 Å². The molecule has 1 aromatic carbocycles.